The molecule has 26 heavy (non-hydrogen) atoms. The summed E-state index contributed by atoms with van der Waals surface area (Å²) in [6.45, 7) is 1.54. The number of nitrogens with zero attached hydrogens (tertiary/aromatic N) is 1. The van der Waals surface area contributed by atoms with Crippen molar-refractivity contribution in [3.05, 3.63) is 57.1 Å². The summed E-state index contributed by atoms with van der Waals surface area (Å²) in [5.41, 5.74) is 2.48. The molecule has 2 aromatic carbocycles. The minimum atomic E-state index is -4.46. The van der Waals surface area contributed by atoms with Gasteiger partial charge in [-0.1, -0.05) is 23.2 Å². The molecular formula is C16H12Cl2F3N3OS. The second-order valence-corrected chi connectivity index (χ2v) is 6.49. The molecule has 10 heteroatoms. The van der Waals surface area contributed by atoms with E-state index in [1.165, 1.54) is 24.4 Å². The summed E-state index contributed by atoms with van der Waals surface area (Å²) in [5.74, 6) is -0.214. The minimum absolute atomic E-state index is 0.0346. The molecular weight excluding hydrogens is 410 g/mol. The summed E-state index contributed by atoms with van der Waals surface area (Å²) in [7, 11) is 0. The van der Waals surface area contributed by atoms with Crippen molar-refractivity contribution >= 4 is 52.4 Å². The number of rotatable bonds is 3. The van der Waals surface area contributed by atoms with Gasteiger partial charge in [0.15, 0.2) is 5.11 Å². The molecule has 0 amide bonds. The molecule has 2 aromatic rings. The second-order valence-electron chi connectivity index (χ2n) is 5.24. The van der Waals surface area contributed by atoms with Crippen LogP contribution in [0.3, 0.4) is 0 Å². The maximum atomic E-state index is 12.8. The van der Waals surface area contributed by atoms with Crippen molar-refractivity contribution < 1.29 is 18.3 Å². The van der Waals surface area contributed by atoms with E-state index in [1.807, 2.05) is 0 Å². The fourth-order valence-electron chi connectivity index (χ4n) is 2.02. The fourth-order valence-corrected chi connectivity index (χ4v) is 2.70. The molecule has 2 rings (SSSR count). The monoisotopic (exact) mass is 421 g/mol. The Morgan fingerprint density at radius 2 is 1.88 bits per heavy atom. The molecule has 0 aliphatic heterocycles. The molecule has 0 radical (unpaired) electrons. The van der Waals surface area contributed by atoms with E-state index in [1.54, 1.807) is 6.92 Å². The van der Waals surface area contributed by atoms with Crippen LogP contribution in [0, 0.1) is 6.92 Å². The van der Waals surface area contributed by atoms with Gasteiger partial charge in [-0.25, -0.2) is 0 Å². The Kier molecular flexibility index (Phi) is 6.33. The maximum Gasteiger partial charge on any atom is 0.416 e. The van der Waals surface area contributed by atoms with Crippen molar-refractivity contribution in [1.29, 1.82) is 0 Å². The van der Waals surface area contributed by atoms with Crippen LogP contribution in [0.25, 0.3) is 0 Å². The first-order valence-electron chi connectivity index (χ1n) is 7.03. The van der Waals surface area contributed by atoms with Gasteiger partial charge in [-0.05, 0) is 55.0 Å². The van der Waals surface area contributed by atoms with Gasteiger partial charge in [0, 0.05) is 16.3 Å². The Morgan fingerprint density at radius 3 is 2.54 bits per heavy atom. The van der Waals surface area contributed by atoms with Crippen molar-refractivity contribution in [1.82, 2.24) is 5.43 Å². The first kappa shape index (κ1) is 20.3. The topological polar surface area (TPSA) is 56.7 Å². The van der Waals surface area contributed by atoms with Crippen molar-refractivity contribution in [2.24, 2.45) is 5.10 Å². The molecule has 0 fully saturated rings. The first-order valence-corrected chi connectivity index (χ1v) is 8.19. The molecule has 0 bridgehead atoms. The number of thiocarbonyl (C=S) groups is 1. The Labute approximate surface area is 162 Å². The third-order valence-corrected chi connectivity index (χ3v) is 3.79. The number of phenols is 1. The van der Waals surface area contributed by atoms with Crippen molar-refractivity contribution in [3.63, 3.8) is 0 Å². The summed E-state index contributed by atoms with van der Waals surface area (Å²) < 4.78 is 38.5. The van der Waals surface area contributed by atoms with Crippen molar-refractivity contribution in [3.8, 4) is 5.75 Å². The Hall–Kier alpha value is -2.03. The zero-order chi connectivity index (χ0) is 19.5. The molecule has 0 saturated heterocycles. The quantitative estimate of drug-likeness (QED) is 0.355. The van der Waals surface area contributed by atoms with Gasteiger partial charge in [0.05, 0.1) is 16.8 Å². The van der Waals surface area contributed by atoms with Crippen LogP contribution in [-0.2, 0) is 6.18 Å². The number of benzene rings is 2. The first-order chi connectivity index (χ1) is 12.1. The largest absolute Gasteiger partial charge is 0.506 e. The summed E-state index contributed by atoms with van der Waals surface area (Å²) >= 11 is 16.6. The van der Waals surface area contributed by atoms with Crippen LogP contribution < -0.4 is 10.7 Å². The number of hydrogen-bond acceptors (Lipinski definition) is 3. The third-order valence-electron chi connectivity index (χ3n) is 3.09. The number of alkyl halides is 3. The number of halogens is 5. The molecule has 0 unspecified atom stereocenters. The van der Waals surface area contributed by atoms with Gasteiger partial charge in [-0.3, -0.25) is 5.43 Å². The molecule has 0 saturated carbocycles. The van der Waals surface area contributed by atoms with Crippen LogP contribution in [0.1, 0.15) is 16.7 Å². The van der Waals surface area contributed by atoms with E-state index in [-0.39, 0.29) is 27.1 Å². The van der Waals surface area contributed by atoms with Crippen molar-refractivity contribution in [2.45, 2.75) is 13.1 Å². The zero-order valence-corrected chi connectivity index (χ0v) is 15.5. The Bertz CT molecular complexity index is 873. The van der Waals surface area contributed by atoms with E-state index in [4.69, 9.17) is 35.4 Å². The number of aromatic hydroxyl groups is 1. The van der Waals surface area contributed by atoms with Gasteiger partial charge in [-0.2, -0.15) is 18.3 Å². The van der Waals surface area contributed by atoms with Crippen LogP contribution in [0.4, 0.5) is 18.9 Å². The number of phenolic OH excluding ortho intramolecular Hbond substituents is 1. The van der Waals surface area contributed by atoms with Gasteiger partial charge >= 0.3 is 6.18 Å². The van der Waals surface area contributed by atoms with E-state index in [0.717, 1.165) is 12.1 Å². The zero-order valence-electron chi connectivity index (χ0n) is 13.2. The van der Waals surface area contributed by atoms with E-state index in [2.05, 4.69) is 15.8 Å². The highest BCUT2D eigenvalue weighted by atomic mass is 35.5. The molecule has 0 atom stereocenters. The minimum Gasteiger partial charge on any atom is -0.506 e. The van der Waals surface area contributed by atoms with E-state index >= 15 is 0 Å². The van der Waals surface area contributed by atoms with Crippen LogP contribution in [0.5, 0.6) is 5.75 Å². The number of aryl methyl sites for hydroxylation is 1. The highest BCUT2D eigenvalue weighted by Crippen LogP contribution is 2.32. The third kappa shape index (κ3) is 5.48. The normalized spacial score (nSPS) is 11.6. The van der Waals surface area contributed by atoms with Gasteiger partial charge in [0.25, 0.3) is 0 Å². The molecule has 3 N–H and O–H groups in total. The Morgan fingerprint density at radius 1 is 1.19 bits per heavy atom. The van der Waals surface area contributed by atoms with Gasteiger partial charge in [0.2, 0.25) is 0 Å². The van der Waals surface area contributed by atoms with E-state index in [9.17, 15) is 18.3 Å². The lowest BCUT2D eigenvalue weighted by Gasteiger charge is -2.12. The predicted molar refractivity (Wildman–Crippen MR) is 101 cm³/mol. The molecule has 0 aliphatic rings. The summed E-state index contributed by atoms with van der Waals surface area (Å²) in [6, 6.07) is 6.28. The van der Waals surface area contributed by atoms with Crippen LogP contribution in [0.15, 0.2) is 35.4 Å². The summed E-state index contributed by atoms with van der Waals surface area (Å²) in [4.78, 5) is 0. The van der Waals surface area contributed by atoms with Crippen molar-refractivity contribution in [2.75, 3.05) is 5.32 Å². The summed E-state index contributed by atoms with van der Waals surface area (Å²) in [6.07, 6.45) is -3.24. The molecule has 4 nitrogen and oxygen atoms in total. The number of hydrazone groups is 1. The molecule has 0 aliphatic carbocycles. The average molecular weight is 422 g/mol. The fraction of sp³-hybridized carbons (Fsp3) is 0.125. The van der Waals surface area contributed by atoms with Gasteiger partial charge in [-0.15, -0.1) is 0 Å². The molecule has 138 valence electrons. The van der Waals surface area contributed by atoms with Crippen LogP contribution in [0.2, 0.25) is 10.0 Å². The second kappa shape index (κ2) is 8.11. The molecule has 0 spiro atoms. The van der Waals surface area contributed by atoms with E-state index in [0.29, 0.717) is 10.6 Å². The highest BCUT2D eigenvalue weighted by Gasteiger charge is 2.30. The summed E-state index contributed by atoms with van der Waals surface area (Å²) in [5, 5.41) is 16.5. The lowest BCUT2D eigenvalue weighted by molar-refractivity contribution is -0.137. The van der Waals surface area contributed by atoms with Crippen LogP contribution in [-0.4, -0.2) is 16.4 Å². The number of nitrogens with one attached hydrogen (secondary N) is 2. The smallest absolute Gasteiger partial charge is 0.416 e. The van der Waals surface area contributed by atoms with Crippen LogP contribution >= 0.6 is 35.4 Å². The SMILES string of the molecule is Cc1cc(NC(=S)N/N=C/c2cc(Cl)cc(Cl)c2O)cc(C(F)(F)F)c1. The Balaban J connectivity index is 2.07. The predicted octanol–water partition coefficient (Wildman–Crippen LogP) is 5.35. The molecule has 0 heterocycles. The highest BCUT2D eigenvalue weighted by molar-refractivity contribution is 7.80. The average Bonchev–Trinajstić information content (AvgIpc) is 2.50. The lowest BCUT2D eigenvalue weighted by atomic mass is 10.1. The standard InChI is InChI=1S/C16H12Cl2F3N3OS/c1-8-2-10(16(19,20)21)5-12(3-8)23-15(26)24-22-7-9-4-11(17)6-13(18)14(9)25/h2-7,25H,1H3,(H2,23,24,26)/b22-7+. The lowest BCUT2D eigenvalue weighted by Crippen LogP contribution is -2.24. The number of hydrogen-bond donors (Lipinski definition) is 3. The van der Waals surface area contributed by atoms with Gasteiger partial charge in [0.1, 0.15) is 5.75 Å². The van der Waals surface area contributed by atoms with Gasteiger partial charge < -0.3 is 10.4 Å². The maximum absolute atomic E-state index is 12.8. The molecule has 0 aromatic heterocycles. The number of anilines is 1. The van der Waals surface area contributed by atoms with E-state index < -0.39 is 11.7 Å².